The van der Waals surface area contributed by atoms with Gasteiger partial charge in [-0.05, 0) is 24.5 Å². The van der Waals surface area contributed by atoms with Crippen molar-refractivity contribution in [3.8, 4) is 0 Å². The molecule has 4 rings (SSSR count). The van der Waals surface area contributed by atoms with Gasteiger partial charge in [-0.25, -0.2) is 4.79 Å². The van der Waals surface area contributed by atoms with E-state index in [0.717, 1.165) is 69.2 Å². The molecular formula is C24H35N2O4+. The summed E-state index contributed by atoms with van der Waals surface area (Å²) in [5.74, 6) is -0.553. The Hall–Kier alpha value is -1.89. The van der Waals surface area contributed by atoms with Crippen LogP contribution in [0.3, 0.4) is 0 Å². The molecule has 164 valence electrons. The molecule has 0 radical (unpaired) electrons. The van der Waals surface area contributed by atoms with Crippen molar-refractivity contribution < 1.29 is 24.0 Å². The number of benzene rings is 1. The lowest BCUT2D eigenvalue weighted by molar-refractivity contribution is -0.921. The zero-order valence-corrected chi connectivity index (χ0v) is 18.0. The van der Waals surface area contributed by atoms with E-state index in [2.05, 4.69) is 7.05 Å². The Balaban J connectivity index is 1.41. The molecule has 0 aromatic heterocycles. The van der Waals surface area contributed by atoms with Gasteiger partial charge in [-0.1, -0.05) is 43.2 Å². The van der Waals surface area contributed by atoms with Gasteiger partial charge in [0.1, 0.15) is 18.9 Å². The predicted octanol–water partition coefficient (Wildman–Crippen LogP) is 2.98. The normalized spacial score (nSPS) is 29.1. The second kappa shape index (κ2) is 9.08. The Morgan fingerprint density at radius 3 is 2.70 bits per heavy atom. The first-order valence-corrected chi connectivity index (χ1v) is 11.4. The second-order valence-corrected chi connectivity index (χ2v) is 9.30. The van der Waals surface area contributed by atoms with Crippen molar-refractivity contribution in [2.75, 3.05) is 39.8 Å². The van der Waals surface area contributed by atoms with E-state index in [1.54, 1.807) is 6.26 Å². The maximum absolute atomic E-state index is 13.3. The smallest absolute Gasteiger partial charge is 0.343 e. The molecule has 0 spiro atoms. The van der Waals surface area contributed by atoms with Gasteiger partial charge in [-0.2, -0.15) is 0 Å². The van der Waals surface area contributed by atoms with Crippen LogP contribution in [0.25, 0.3) is 0 Å². The molecule has 6 heteroatoms. The maximum Gasteiger partial charge on any atom is 0.343 e. The molecule has 0 bridgehead atoms. The van der Waals surface area contributed by atoms with E-state index < -0.39 is 11.6 Å². The molecule has 2 heterocycles. The molecule has 1 saturated heterocycles. The number of esters is 1. The fourth-order valence-electron chi connectivity index (χ4n) is 5.39. The largest absolute Gasteiger partial charge is 0.457 e. The van der Waals surface area contributed by atoms with Gasteiger partial charge in [0.15, 0.2) is 5.60 Å². The van der Waals surface area contributed by atoms with Gasteiger partial charge in [0.25, 0.3) is 0 Å². The number of hydrogen-bond acceptors (Lipinski definition) is 5. The number of quaternary nitrogens is 1. The highest BCUT2D eigenvalue weighted by Gasteiger charge is 2.49. The maximum atomic E-state index is 13.3. The quantitative estimate of drug-likeness (QED) is 0.523. The number of carbonyl (C=O) groups excluding carboxylic acids is 1. The molecule has 1 N–H and O–H groups in total. The molecule has 1 aromatic carbocycles. The average Bonchev–Trinajstić information content (AvgIpc) is 3.53. The van der Waals surface area contributed by atoms with Crippen LogP contribution >= 0.6 is 0 Å². The molecule has 1 aromatic rings. The van der Waals surface area contributed by atoms with Crippen molar-refractivity contribution in [1.82, 2.24) is 5.06 Å². The van der Waals surface area contributed by atoms with Crippen LogP contribution in [0.2, 0.25) is 0 Å². The van der Waals surface area contributed by atoms with Gasteiger partial charge >= 0.3 is 5.97 Å². The van der Waals surface area contributed by atoms with Crippen LogP contribution in [-0.2, 0) is 20.0 Å². The third-order valence-electron chi connectivity index (χ3n) is 7.44. The van der Waals surface area contributed by atoms with Gasteiger partial charge in [-0.3, -0.25) is 0 Å². The van der Waals surface area contributed by atoms with Crippen LogP contribution in [0.15, 0.2) is 42.7 Å². The number of likely N-dealkylation sites (N-methyl/N-ethyl adjacent to an activating group) is 1. The topological polar surface area (TPSA) is 59.0 Å². The van der Waals surface area contributed by atoms with E-state index in [9.17, 15) is 9.90 Å². The number of aliphatic hydroxyl groups is 1. The number of carbonyl (C=O) groups is 1. The zero-order valence-electron chi connectivity index (χ0n) is 18.0. The number of rotatable bonds is 8. The molecule has 3 aliphatic rings. The summed E-state index contributed by atoms with van der Waals surface area (Å²) in [6.45, 7) is 4.07. The molecule has 1 saturated carbocycles. The number of hydrogen-bond donors (Lipinski definition) is 1. The summed E-state index contributed by atoms with van der Waals surface area (Å²) in [6, 6.07) is 9.61. The fraction of sp³-hybridized carbons (Fsp3) is 0.625. The Morgan fingerprint density at radius 2 is 2.00 bits per heavy atom. The predicted molar refractivity (Wildman–Crippen MR) is 114 cm³/mol. The summed E-state index contributed by atoms with van der Waals surface area (Å²) in [7, 11) is 2.25. The van der Waals surface area contributed by atoms with Crippen molar-refractivity contribution in [2.24, 2.45) is 5.92 Å². The Morgan fingerprint density at radius 1 is 1.23 bits per heavy atom. The van der Waals surface area contributed by atoms with E-state index in [1.807, 2.05) is 41.5 Å². The summed E-state index contributed by atoms with van der Waals surface area (Å²) >= 11 is 0. The molecule has 2 aliphatic heterocycles. The lowest BCUT2D eigenvalue weighted by Gasteiger charge is -2.38. The molecule has 3 atom stereocenters. The summed E-state index contributed by atoms with van der Waals surface area (Å²) < 4.78 is 6.74. The molecule has 2 unspecified atom stereocenters. The van der Waals surface area contributed by atoms with Crippen molar-refractivity contribution in [2.45, 2.75) is 50.2 Å². The van der Waals surface area contributed by atoms with Gasteiger partial charge in [0.2, 0.25) is 0 Å². The minimum atomic E-state index is -1.55. The van der Waals surface area contributed by atoms with Gasteiger partial charge in [-0.15, -0.1) is 5.06 Å². The second-order valence-electron chi connectivity index (χ2n) is 9.30. The molecule has 0 amide bonds. The summed E-state index contributed by atoms with van der Waals surface area (Å²) in [6.07, 6.45) is 9.74. The number of hydroxylamine groups is 2. The minimum Gasteiger partial charge on any atom is -0.457 e. The Kier molecular flexibility index (Phi) is 6.46. The molecule has 30 heavy (non-hydrogen) atoms. The van der Waals surface area contributed by atoms with Crippen molar-refractivity contribution >= 4 is 5.97 Å². The lowest BCUT2D eigenvalue weighted by Crippen LogP contribution is -2.54. The average molecular weight is 416 g/mol. The van der Waals surface area contributed by atoms with E-state index in [1.165, 1.54) is 0 Å². The van der Waals surface area contributed by atoms with Crippen molar-refractivity contribution in [3.63, 3.8) is 0 Å². The van der Waals surface area contributed by atoms with Crippen molar-refractivity contribution in [1.29, 1.82) is 0 Å². The van der Waals surface area contributed by atoms with E-state index in [0.29, 0.717) is 12.2 Å². The fourth-order valence-corrected chi connectivity index (χ4v) is 5.39. The highest BCUT2D eigenvalue weighted by Crippen LogP contribution is 2.41. The summed E-state index contributed by atoms with van der Waals surface area (Å²) in [5, 5.41) is 13.5. The van der Waals surface area contributed by atoms with Crippen molar-refractivity contribution in [3.05, 3.63) is 48.2 Å². The van der Waals surface area contributed by atoms with Gasteiger partial charge < -0.3 is 19.2 Å². The van der Waals surface area contributed by atoms with Crippen LogP contribution in [-0.4, -0.2) is 66.5 Å². The zero-order chi connectivity index (χ0) is 21.0. The van der Waals surface area contributed by atoms with Crippen LogP contribution in [0.5, 0.6) is 0 Å². The number of likely N-dealkylation sites (tertiary alicyclic amines) is 1. The Bertz CT molecular complexity index is 741. The van der Waals surface area contributed by atoms with Crippen LogP contribution in [0, 0.1) is 5.92 Å². The third-order valence-corrected chi connectivity index (χ3v) is 7.44. The number of ether oxygens (including phenoxy) is 1. The van der Waals surface area contributed by atoms with Gasteiger partial charge in [0.05, 0.1) is 33.2 Å². The lowest BCUT2D eigenvalue weighted by atomic mass is 9.80. The Labute approximate surface area is 179 Å². The third kappa shape index (κ3) is 4.27. The molecule has 6 nitrogen and oxygen atoms in total. The highest BCUT2D eigenvalue weighted by atomic mass is 16.7. The standard InChI is InChI=1S/C24H35N2O4/c1-26(17-15-25-14-8-18-30-25)16-7-13-22(26)19-29-23(27)24(28,21-11-5-6-12-21)20-9-3-2-4-10-20/h2-4,8-10,18,21-22,28H,5-7,11-17,19H2,1H3/q+1/t22?,24?,26-/m1/s1. The van der Waals surface area contributed by atoms with E-state index in [-0.39, 0.29) is 12.0 Å². The number of nitrogens with zero attached hydrogens (tertiary/aromatic N) is 2. The minimum absolute atomic E-state index is 0.0725. The van der Waals surface area contributed by atoms with Crippen LogP contribution in [0.4, 0.5) is 0 Å². The van der Waals surface area contributed by atoms with Gasteiger partial charge in [0, 0.05) is 18.8 Å². The first-order valence-electron chi connectivity index (χ1n) is 11.4. The SMILES string of the molecule is C[N@+]1(CCN2CC=CO2)CCCC1COC(=O)C(O)(c1ccccc1)C1CCCC1. The first kappa shape index (κ1) is 21.3. The summed E-state index contributed by atoms with van der Waals surface area (Å²) in [4.78, 5) is 18.7. The highest BCUT2D eigenvalue weighted by molar-refractivity contribution is 5.81. The molecule has 1 aliphatic carbocycles. The van der Waals surface area contributed by atoms with Crippen LogP contribution in [0.1, 0.15) is 44.1 Å². The summed E-state index contributed by atoms with van der Waals surface area (Å²) in [5.41, 5.74) is -0.890. The first-order chi connectivity index (χ1) is 14.5. The van der Waals surface area contributed by atoms with E-state index in [4.69, 9.17) is 9.57 Å². The molecular weight excluding hydrogens is 380 g/mol. The molecule has 2 fully saturated rings. The van der Waals surface area contributed by atoms with E-state index >= 15 is 0 Å². The monoisotopic (exact) mass is 415 g/mol. The van der Waals surface area contributed by atoms with Crippen LogP contribution < -0.4 is 0 Å².